The first-order chi connectivity index (χ1) is 9.31. The summed E-state index contributed by atoms with van der Waals surface area (Å²) in [5.74, 6) is 2.30. The number of methoxy groups -OCH3 is 2. The Morgan fingerprint density at radius 3 is 2.47 bits per heavy atom. The number of rotatable bonds is 9. The van der Waals surface area contributed by atoms with Gasteiger partial charge in [-0.05, 0) is 25.2 Å². The van der Waals surface area contributed by atoms with Gasteiger partial charge in [-0.2, -0.15) is 9.97 Å². The zero-order valence-electron chi connectivity index (χ0n) is 11.5. The summed E-state index contributed by atoms with van der Waals surface area (Å²) in [5.41, 5.74) is 0. The normalized spacial score (nSPS) is 14.2. The summed E-state index contributed by atoms with van der Waals surface area (Å²) in [5, 5.41) is 3.14. The third-order valence-corrected chi connectivity index (χ3v) is 2.90. The maximum Gasteiger partial charge on any atom is 0.229 e. The first kappa shape index (κ1) is 13.9. The standard InChI is InChI=1S/C13H21N3O3/c1-17-11-8-12(18-2)16-13(15-11)14-6-3-7-19-9-10-4-5-10/h8,10H,3-7,9H2,1-2H3,(H,14,15,16). The van der Waals surface area contributed by atoms with Gasteiger partial charge >= 0.3 is 0 Å². The van der Waals surface area contributed by atoms with E-state index in [4.69, 9.17) is 14.2 Å². The zero-order valence-corrected chi connectivity index (χ0v) is 11.5. The van der Waals surface area contributed by atoms with E-state index in [9.17, 15) is 0 Å². The monoisotopic (exact) mass is 267 g/mol. The molecule has 1 aliphatic carbocycles. The molecule has 106 valence electrons. The van der Waals surface area contributed by atoms with E-state index in [-0.39, 0.29) is 0 Å². The van der Waals surface area contributed by atoms with Crippen molar-refractivity contribution in [3.63, 3.8) is 0 Å². The lowest BCUT2D eigenvalue weighted by Gasteiger charge is -2.08. The molecule has 1 aliphatic rings. The van der Waals surface area contributed by atoms with Crippen molar-refractivity contribution >= 4 is 5.95 Å². The average Bonchev–Trinajstić information content (AvgIpc) is 3.26. The van der Waals surface area contributed by atoms with Gasteiger partial charge in [-0.1, -0.05) is 0 Å². The summed E-state index contributed by atoms with van der Waals surface area (Å²) in [6.45, 7) is 2.44. The van der Waals surface area contributed by atoms with Crippen LogP contribution in [0.5, 0.6) is 11.8 Å². The number of hydrogen-bond acceptors (Lipinski definition) is 6. The van der Waals surface area contributed by atoms with Crippen LogP contribution >= 0.6 is 0 Å². The second-order valence-electron chi connectivity index (χ2n) is 4.57. The second kappa shape index (κ2) is 7.13. The second-order valence-corrected chi connectivity index (χ2v) is 4.57. The van der Waals surface area contributed by atoms with Crippen LogP contribution in [-0.2, 0) is 4.74 Å². The van der Waals surface area contributed by atoms with Crippen LogP contribution in [0.25, 0.3) is 0 Å². The summed E-state index contributed by atoms with van der Waals surface area (Å²) in [6, 6.07) is 1.64. The fourth-order valence-corrected chi connectivity index (χ4v) is 1.60. The number of nitrogens with one attached hydrogen (secondary N) is 1. The molecule has 2 rings (SSSR count). The third kappa shape index (κ3) is 4.90. The van der Waals surface area contributed by atoms with E-state index in [2.05, 4.69) is 15.3 Å². The van der Waals surface area contributed by atoms with Gasteiger partial charge in [0.15, 0.2) is 0 Å². The summed E-state index contributed by atoms with van der Waals surface area (Å²) in [7, 11) is 3.13. The highest BCUT2D eigenvalue weighted by Gasteiger charge is 2.20. The number of nitrogens with zero attached hydrogens (tertiary/aromatic N) is 2. The molecule has 1 heterocycles. The van der Waals surface area contributed by atoms with E-state index in [0.717, 1.165) is 32.1 Å². The van der Waals surface area contributed by atoms with E-state index < -0.39 is 0 Å². The summed E-state index contributed by atoms with van der Waals surface area (Å²) < 4.78 is 15.7. The van der Waals surface area contributed by atoms with Crippen LogP contribution in [-0.4, -0.2) is 43.9 Å². The minimum atomic E-state index is 0.485. The molecule has 6 nitrogen and oxygen atoms in total. The molecule has 0 atom stereocenters. The molecule has 0 aromatic carbocycles. The van der Waals surface area contributed by atoms with E-state index >= 15 is 0 Å². The average molecular weight is 267 g/mol. The van der Waals surface area contributed by atoms with Crippen LogP contribution in [0.2, 0.25) is 0 Å². The van der Waals surface area contributed by atoms with Crippen LogP contribution in [0.1, 0.15) is 19.3 Å². The molecule has 6 heteroatoms. The topological polar surface area (TPSA) is 65.5 Å². The van der Waals surface area contributed by atoms with Gasteiger partial charge in [0.2, 0.25) is 17.7 Å². The molecule has 0 radical (unpaired) electrons. The van der Waals surface area contributed by atoms with Crippen LogP contribution in [0.4, 0.5) is 5.95 Å². The summed E-state index contributed by atoms with van der Waals surface area (Å²) in [4.78, 5) is 8.38. The SMILES string of the molecule is COc1cc(OC)nc(NCCCOCC2CC2)n1. The molecule has 0 saturated heterocycles. The van der Waals surface area contributed by atoms with Crippen molar-refractivity contribution < 1.29 is 14.2 Å². The highest BCUT2D eigenvalue weighted by molar-refractivity contribution is 5.33. The Hall–Kier alpha value is -1.56. The molecule has 0 spiro atoms. The number of hydrogen-bond donors (Lipinski definition) is 1. The van der Waals surface area contributed by atoms with Gasteiger partial charge in [0, 0.05) is 19.8 Å². The molecule has 1 aromatic heterocycles. The maximum atomic E-state index is 5.56. The van der Waals surface area contributed by atoms with Gasteiger partial charge in [-0.3, -0.25) is 0 Å². The van der Waals surface area contributed by atoms with Gasteiger partial charge < -0.3 is 19.5 Å². The molecule has 0 amide bonds. The minimum Gasteiger partial charge on any atom is -0.481 e. The Balaban J connectivity index is 1.68. The Labute approximate surface area is 113 Å². The Kier molecular flexibility index (Phi) is 5.20. The number of anilines is 1. The highest BCUT2D eigenvalue weighted by atomic mass is 16.5. The first-order valence-corrected chi connectivity index (χ1v) is 6.60. The molecule has 1 saturated carbocycles. The number of aromatic nitrogens is 2. The predicted octanol–water partition coefficient (Wildman–Crippen LogP) is 1.72. The smallest absolute Gasteiger partial charge is 0.229 e. The molecule has 1 N–H and O–H groups in total. The van der Waals surface area contributed by atoms with Crippen molar-refractivity contribution in [2.45, 2.75) is 19.3 Å². The van der Waals surface area contributed by atoms with Crippen molar-refractivity contribution in [2.75, 3.05) is 39.3 Å². The molecule has 0 unspecified atom stereocenters. The maximum absolute atomic E-state index is 5.56. The molecular weight excluding hydrogens is 246 g/mol. The summed E-state index contributed by atoms with van der Waals surface area (Å²) in [6.07, 6.45) is 3.58. The van der Waals surface area contributed by atoms with Crippen LogP contribution < -0.4 is 14.8 Å². The van der Waals surface area contributed by atoms with Crippen LogP contribution in [0, 0.1) is 5.92 Å². The quantitative estimate of drug-likeness (QED) is 0.687. The van der Waals surface area contributed by atoms with Gasteiger partial charge in [-0.25, -0.2) is 0 Å². The predicted molar refractivity (Wildman–Crippen MR) is 71.8 cm³/mol. The summed E-state index contributed by atoms with van der Waals surface area (Å²) >= 11 is 0. The lowest BCUT2D eigenvalue weighted by Crippen LogP contribution is -2.10. The van der Waals surface area contributed by atoms with Crippen LogP contribution in [0.15, 0.2) is 6.07 Å². The molecular formula is C13H21N3O3. The Morgan fingerprint density at radius 1 is 1.21 bits per heavy atom. The zero-order chi connectivity index (χ0) is 13.5. The highest BCUT2D eigenvalue weighted by Crippen LogP contribution is 2.28. The number of ether oxygens (including phenoxy) is 3. The molecule has 0 bridgehead atoms. The molecule has 19 heavy (non-hydrogen) atoms. The van der Waals surface area contributed by atoms with Gasteiger partial charge in [0.05, 0.1) is 20.3 Å². The lowest BCUT2D eigenvalue weighted by atomic mass is 10.4. The Morgan fingerprint density at radius 2 is 1.89 bits per heavy atom. The van der Waals surface area contributed by atoms with E-state index in [1.54, 1.807) is 20.3 Å². The van der Waals surface area contributed by atoms with E-state index in [0.29, 0.717) is 17.7 Å². The first-order valence-electron chi connectivity index (χ1n) is 6.60. The molecule has 0 aliphatic heterocycles. The van der Waals surface area contributed by atoms with Crippen LogP contribution in [0.3, 0.4) is 0 Å². The Bertz CT molecular complexity index is 374. The third-order valence-electron chi connectivity index (χ3n) is 2.90. The van der Waals surface area contributed by atoms with Gasteiger partial charge in [-0.15, -0.1) is 0 Å². The fraction of sp³-hybridized carbons (Fsp3) is 0.692. The van der Waals surface area contributed by atoms with Gasteiger partial charge in [0.25, 0.3) is 0 Å². The van der Waals surface area contributed by atoms with E-state index in [1.165, 1.54) is 12.8 Å². The van der Waals surface area contributed by atoms with Crippen molar-refractivity contribution in [2.24, 2.45) is 5.92 Å². The molecule has 1 aromatic rings. The lowest BCUT2D eigenvalue weighted by molar-refractivity contribution is 0.124. The fourth-order valence-electron chi connectivity index (χ4n) is 1.60. The van der Waals surface area contributed by atoms with Crippen molar-refractivity contribution in [1.29, 1.82) is 0 Å². The van der Waals surface area contributed by atoms with Crippen molar-refractivity contribution in [3.05, 3.63) is 6.07 Å². The van der Waals surface area contributed by atoms with Gasteiger partial charge in [0.1, 0.15) is 0 Å². The van der Waals surface area contributed by atoms with Crippen molar-refractivity contribution in [3.8, 4) is 11.8 Å². The van der Waals surface area contributed by atoms with Crippen molar-refractivity contribution in [1.82, 2.24) is 9.97 Å². The molecule has 1 fully saturated rings. The minimum absolute atomic E-state index is 0.485. The largest absolute Gasteiger partial charge is 0.481 e. The van der Waals surface area contributed by atoms with E-state index in [1.807, 2.05) is 0 Å².